The zero-order chi connectivity index (χ0) is 26.6. The fraction of sp³-hybridized carbons (Fsp3) is 0.591. The molecule has 1 aliphatic heterocycles. The van der Waals surface area contributed by atoms with E-state index in [2.05, 4.69) is 20.4 Å². The summed E-state index contributed by atoms with van der Waals surface area (Å²) in [6, 6.07) is 2.88. The summed E-state index contributed by atoms with van der Waals surface area (Å²) < 4.78 is 70.1. The standard InChI is InChI=1S/C22H27F3N6O4S2/c1-2-10-31-11-6-7-14-12-16(17(13-18(14)31)30-37(33,34)22(23,24)25)26-28-21-29-27-19(36-21)20(32)35-15-8-4-3-5-9-15/h12-13,15,30H,2-11H2,1H3. The van der Waals surface area contributed by atoms with E-state index in [0.717, 1.165) is 61.8 Å². The normalized spacial score (nSPS) is 17.1. The molecule has 2 aliphatic rings. The summed E-state index contributed by atoms with van der Waals surface area (Å²) in [6.45, 7) is 3.35. The summed E-state index contributed by atoms with van der Waals surface area (Å²) in [5, 5.41) is 15.4. The van der Waals surface area contributed by atoms with Crippen LogP contribution >= 0.6 is 11.3 Å². The smallest absolute Gasteiger partial charge is 0.457 e. The van der Waals surface area contributed by atoms with Crippen LogP contribution in [0.1, 0.15) is 67.2 Å². The Labute approximate surface area is 216 Å². The molecule has 15 heteroatoms. The van der Waals surface area contributed by atoms with Gasteiger partial charge in [-0.2, -0.15) is 21.6 Å². The van der Waals surface area contributed by atoms with Gasteiger partial charge in [-0.25, -0.2) is 4.79 Å². The van der Waals surface area contributed by atoms with Crippen molar-refractivity contribution in [2.45, 2.75) is 69.9 Å². The van der Waals surface area contributed by atoms with Crippen LogP contribution in [0.25, 0.3) is 0 Å². The molecule has 2 heterocycles. The Morgan fingerprint density at radius 2 is 1.95 bits per heavy atom. The average Bonchev–Trinajstić information content (AvgIpc) is 3.32. The maximum atomic E-state index is 13.1. The molecule has 4 rings (SSSR count). The van der Waals surface area contributed by atoms with Gasteiger partial charge < -0.3 is 9.64 Å². The molecule has 1 N–H and O–H groups in total. The monoisotopic (exact) mass is 560 g/mol. The van der Waals surface area contributed by atoms with Gasteiger partial charge in [-0.1, -0.05) is 24.7 Å². The summed E-state index contributed by atoms with van der Waals surface area (Å²) in [5.41, 5.74) is -4.50. The van der Waals surface area contributed by atoms with Gasteiger partial charge in [0.2, 0.25) is 5.01 Å². The quantitative estimate of drug-likeness (QED) is 0.316. The van der Waals surface area contributed by atoms with E-state index in [9.17, 15) is 26.4 Å². The Kier molecular flexibility index (Phi) is 8.31. The molecule has 1 saturated carbocycles. The molecule has 0 amide bonds. The summed E-state index contributed by atoms with van der Waals surface area (Å²) in [5.74, 6) is -0.616. The third kappa shape index (κ3) is 6.55. The van der Waals surface area contributed by atoms with Crippen molar-refractivity contribution in [3.05, 3.63) is 22.7 Å². The number of carbonyl (C=O) groups is 1. The number of azo groups is 1. The van der Waals surface area contributed by atoms with Crippen LogP contribution in [0.2, 0.25) is 0 Å². The fourth-order valence-electron chi connectivity index (χ4n) is 4.38. The maximum absolute atomic E-state index is 13.1. The highest BCUT2D eigenvalue weighted by Crippen LogP contribution is 2.39. The number of nitrogens with zero attached hydrogens (tertiary/aromatic N) is 5. The van der Waals surface area contributed by atoms with Crippen LogP contribution in [0.5, 0.6) is 0 Å². The first-order valence-electron chi connectivity index (χ1n) is 12.0. The summed E-state index contributed by atoms with van der Waals surface area (Å²) in [7, 11) is -5.69. The lowest BCUT2D eigenvalue weighted by Crippen LogP contribution is -2.31. The lowest BCUT2D eigenvalue weighted by molar-refractivity contribution is -0.0429. The number of nitrogens with one attached hydrogen (secondary N) is 1. The molecule has 0 atom stereocenters. The number of carbonyl (C=O) groups excluding carboxylic acids is 1. The zero-order valence-electron chi connectivity index (χ0n) is 20.1. The third-order valence-corrected chi connectivity index (χ3v) is 8.00. The fourth-order valence-corrected chi connectivity index (χ4v) is 5.50. The van der Waals surface area contributed by atoms with Crippen molar-refractivity contribution in [3.63, 3.8) is 0 Å². The number of anilines is 2. The van der Waals surface area contributed by atoms with Crippen LogP contribution in [0.15, 0.2) is 22.4 Å². The van der Waals surface area contributed by atoms with E-state index >= 15 is 0 Å². The summed E-state index contributed by atoms with van der Waals surface area (Å²) in [6.07, 6.45) is 6.81. The number of aromatic nitrogens is 2. The Bertz CT molecular complexity index is 1260. The van der Waals surface area contributed by atoms with E-state index < -0.39 is 21.5 Å². The van der Waals surface area contributed by atoms with Crippen molar-refractivity contribution in [1.29, 1.82) is 0 Å². The molecule has 1 aromatic carbocycles. The minimum Gasteiger partial charge on any atom is -0.457 e. The lowest BCUT2D eigenvalue weighted by Gasteiger charge is -2.32. The van der Waals surface area contributed by atoms with Crippen LogP contribution in [0.3, 0.4) is 0 Å². The predicted molar refractivity (Wildman–Crippen MR) is 132 cm³/mol. The minimum absolute atomic E-state index is 0.0156. The number of aryl methyl sites for hydroxylation is 1. The molecule has 0 radical (unpaired) electrons. The van der Waals surface area contributed by atoms with Gasteiger partial charge in [-0.05, 0) is 62.6 Å². The van der Waals surface area contributed by atoms with Crippen LogP contribution in [0.4, 0.5) is 35.4 Å². The van der Waals surface area contributed by atoms with Crippen molar-refractivity contribution in [3.8, 4) is 0 Å². The number of sulfonamides is 1. The van der Waals surface area contributed by atoms with Gasteiger partial charge in [-0.3, -0.25) is 4.72 Å². The first-order chi connectivity index (χ1) is 17.6. The number of alkyl halides is 3. The molecular weight excluding hydrogens is 533 g/mol. The number of hydrogen-bond acceptors (Lipinski definition) is 10. The van der Waals surface area contributed by atoms with E-state index in [1.165, 1.54) is 12.1 Å². The second kappa shape index (κ2) is 11.3. The van der Waals surface area contributed by atoms with Crippen LogP contribution in [-0.2, 0) is 21.2 Å². The number of benzene rings is 1. The van der Waals surface area contributed by atoms with Gasteiger partial charge in [0.15, 0.2) is 0 Å². The molecule has 2 aromatic rings. The van der Waals surface area contributed by atoms with Gasteiger partial charge >= 0.3 is 21.5 Å². The SMILES string of the molecule is CCCN1CCCc2cc(N=Nc3nnc(C(=O)OC4CCCCC4)s3)c(NS(=O)(=O)C(F)(F)F)cc21. The van der Waals surface area contributed by atoms with Crippen molar-refractivity contribution in [2.75, 3.05) is 22.7 Å². The number of ether oxygens (including phenoxy) is 1. The van der Waals surface area contributed by atoms with E-state index in [0.29, 0.717) is 25.2 Å². The Morgan fingerprint density at radius 3 is 2.65 bits per heavy atom. The van der Waals surface area contributed by atoms with Gasteiger partial charge in [-0.15, -0.1) is 20.4 Å². The third-order valence-electron chi connectivity index (χ3n) is 6.11. The van der Waals surface area contributed by atoms with Crippen LogP contribution < -0.4 is 9.62 Å². The van der Waals surface area contributed by atoms with E-state index in [1.807, 2.05) is 11.8 Å². The molecular formula is C22H27F3N6O4S2. The summed E-state index contributed by atoms with van der Waals surface area (Å²) >= 11 is 0.824. The van der Waals surface area contributed by atoms with Crippen molar-refractivity contribution < 1.29 is 31.1 Å². The molecule has 0 spiro atoms. The highest BCUT2D eigenvalue weighted by atomic mass is 32.2. The topological polar surface area (TPSA) is 126 Å². The number of hydrogen-bond donors (Lipinski definition) is 1. The second-order valence-corrected chi connectivity index (χ2v) is 11.5. The van der Waals surface area contributed by atoms with Crippen molar-refractivity contribution in [2.24, 2.45) is 10.2 Å². The van der Waals surface area contributed by atoms with Gasteiger partial charge in [0.05, 0.1) is 5.69 Å². The molecule has 1 fully saturated rings. The van der Waals surface area contributed by atoms with E-state index in [4.69, 9.17) is 4.74 Å². The Hall–Kier alpha value is -2.81. The number of halogens is 3. The largest absolute Gasteiger partial charge is 0.516 e. The molecule has 37 heavy (non-hydrogen) atoms. The Balaban J connectivity index is 1.60. The van der Waals surface area contributed by atoms with Crippen LogP contribution in [0, 0.1) is 0 Å². The molecule has 0 saturated heterocycles. The first-order valence-corrected chi connectivity index (χ1v) is 14.3. The average molecular weight is 561 g/mol. The van der Waals surface area contributed by atoms with Gasteiger partial charge in [0.1, 0.15) is 11.8 Å². The Morgan fingerprint density at radius 1 is 1.19 bits per heavy atom. The number of esters is 1. The maximum Gasteiger partial charge on any atom is 0.516 e. The molecule has 0 bridgehead atoms. The minimum atomic E-state index is -5.69. The highest BCUT2D eigenvalue weighted by molar-refractivity contribution is 7.93. The summed E-state index contributed by atoms with van der Waals surface area (Å²) in [4.78, 5) is 14.4. The molecule has 10 nitrogen and oxygen atoms in total. The number of rotatable bonds is 8. The predicted octanol–water partition coefficient (Wildman–Crippen LogP) is 5.87. The molecule has 0 unspecified atom stereocenters. The highest BCUT2D eigenvalue weighted by Gasteiger charge is 2.46. The van der Waals surface area contributed by atoms with E-state index in [1.54, 1.807) is 4.72 Å². The van der Waals surface area contributed by atoms with Gasteiger partial charge in [0, 0.05) is 18.8 Å². The molecule has 202 valence electrons. The number of fused-ring (bicyclic) bond motifs is 1. The molecule has 1 aliphatic carbocycles. The first kappa shape index (κ1) is 27.2. The van der Waals surface area contributed by atoms with Crippen molar-refractivity contribution >= 4 is 49.5 Å². The lowest BCUT2D eigenvalue weighted by atomic mass is 9.98. The molecule has 1 aromatic heterocycles. The zero-order valence-corrected chi connectivity index (χ0v) is 21.8. The van der Waals surface area contributed by atoms with Gasteiger partial charge in [0.25, 0.3) is 5.13 Å². The van der Waals surface area contributed by atoms with Crippen LogP contribution in [-0.4, -0.2) is 49.3 Å². The van der Waals surface area contributed by atoms with Crippen molar-refractivity contribution in [1.82, 2.24) is 10.2 Å². The van der Waals surface area contributed by atoms with E-state index in [-0.39, 0.29) is 27.6 Å². The second-order valence-electron chi connectivity index (χ2n) is 8.90.